The number of pyridine rings is 1. The molecule has 0 radical (unpaired) electrons. The zero-order valence-electron chi connectivity index (χ0n) is 10.3. The van der Waals surface area contributed by atoms with Crippen molar-refractivity contribution in [1.29, 1.82) is 0 Å². The van der Waals surface area contributed by atoms with Crippen molar-refractivity contribution in [3.8, 4) is 0 Å². The molecule has 21 heavy (non-hydrogen) atoms. The highest BCUT2D eigenvalue weighted by Gasteiger charge is 2.18. The number of amides is 1. The molecule has 0 aliphatic heterocycles. The molecule has 10 heteroatoms. The number of tetrazole rings is 1. The number of fused-ring (bicyclic) bond motifs is 1. The van der Waals surface area contributed by atoms with Gasteiger partial charge in [-0.3, -0.25) is 25.2 Å². The van der Waals surface area contributed by atoms with E-state index in [4.69, 9.17) is 0 Å². The van der Waals surface area contributed by atoms with Crippen LogP contribution in [0.3, 0.4) is 0 Å². The van der Waals surface area contributed by atoms with Gasteiger partial charge in [-0.15, -0.1) is 5.10 Å². The smallest absolute Gasteiger partial charge is 0.270 e. The van der Waals surface area contributed by atoms with Crippen LogP contribution >= 0.6 is 0 Å². The molecule has 0 spiro atoms. The van der Waals surface area contributed by atoms with Gasteiger partial charge in [0.05, 0.1) is 16.0 Å². The van der Waals surface area contributed by atoms with Crippen LogP contribution in [0.1, 0.15) is 10.4 Å². The molecule has 0 aliphatic carbocycles. The molecule has 0 aliphatic rings. The van der Waals surface area contributed by atoms with Crippen LogP contribution in [0, 0.1) is 10.1 Å². The summed E-state index contributed by atoms with van der Waals surface area (Å²) < 4.78 is 0. The summed E-state index contributed by atoms with van der Waals surface area (Å²) in [5, 5.41) is 26.5. The van der Waals surface area contributed by atoms with Crippen molar-refractivity contribution in [3.63, 3.8) is 0 Å². The van der Waals surface area contributed by atoms with Crippen LogP contribution in [0.5, 0.6) is 0 Å². The molecule has 2 N–H and O–H groups in total. The third kappa shape index (κ3) is 2.36. The monoisotopic (exact) mass is 285 g/mol. The fourth-order valence-electron chi connectivity index (χ4n) is 1.84. The maximum Gasteiger partial charge on any atom is 0.270 e. The Kier molecular flexibility index (Phi) is 2.95. The largest absolute Gasteiger partial charge is 0.288 e. The molecule has 0 saturated carbocycles. The predicted molar refractivity (Wildman–Crippen MR) is 70.5 cm³/mol. The minimum Gasteiger partial charge on any atom is -0.288 e. The van der Waals surface area contributed by atoms with E-state index in [9.17, 15) is 14.9 Å². The number of aromatic nitrogens is 5. The summed E-state index contributed by atoms with van der Waals surface area (Å²) in [5.41, 5.74) is 0.211. The summed E-state index contributed by atoms with van der Waals surface area (Å²) in [6, 6.07) is 5.78. The van der Waals surface area contributed by atoms with E-state index in [1.165, 1.54) is 12.3 Å². The van der Waals surface area contributed by atoms with Gasteiger partial charge in [0.1, 0.15) is 0 Å². The van der Waals surface area contributed by atoms with Crippen molar-refractivity contribution in [2.75, 3.05) is 5.32 Å². The first-order chi connectivity index (χ1) is 10.1. The van der Waals surface area contributed by atoms with E-state index in [2.05, 4.69) is 30.9 Å². The molecule has 1 aromatic carbocycles. The number of nitrogens with zero attached hydrogens (tertiary/aromatic N) is 5. The highest BCUT2D eigenvalue weighted by atomic mass is 16.6. The van der Waals surface area contributed by atoms with E-state index in [1.807, 2.05) is 0 Å². The van der Waals surface area contributed by atoms with Gasteiger partial charge in [0.2, 0.25) is 0 Å². The first-order valence-corrected chi connectivity index (χ1v) is 5.73. The Hall–Kier alpha value is -3.43. The second kappa shape index (κ2) is 4.92. The van der Waals surface area contributed by atoms with Gasteiger partial charge in [-0.1, -0.05) is 11.2 Å². The minimum absolute atomic E-state index is 0.0319. The summed E-state index contributed by atoms with van der Waals surface area (Å²) >= 11 is 0. The standard InChI is InChI=1S/C11H7N7O3/c19-10(13-11-14-16-17-15-11)8-5-7(18(20)21)4-6-2-1-3-12-9(6)8/h1-5H,(H2,13,14,15,16,17,19). The second-order valence-corrected chi connectivity index (χ2v) is 4.02. The topological polar surface area (TPSA) is 140 Å². The first kappa shape index (κ1) is 12.6. The van der Waals surface area contributed by atoms with Crippen LogP contribution in [-0.2, 0) is 0 Å². The molecule has 2 aromatic heterocycles. The minimum atomic E-state index is -0.608. The zero-order chi connectivity index (χ0) is 14.8. The van der Waals surface area contributed by atoms with Crippen molar-refractivity contribution in [2.24, 2.45) is 0 Å². The average Bonchev–Trinajstić information content (AvgIpc) is 2.98. The lowest BCUT2D eigenvalue weighted by molar-refractivity contribution is -0.384. The highest BCUT2D eigenvalue weighted by molar-refractivity contribution is 6.11. The Balaban J connectivity index is 2.11. The number of hydrogen-bond donors (Lipinski definition) is 2. The predicted octanol–water partition coefficient (Wildman–Crippen LogP) is 0.908. The molecular formula is C11H7N7O3. The van der Waals surface area contributed by atoms with E-state index in [0.29, 0.717) is 10.9 Å². The van der Waals surface area contributed by atoms with Crippen LogP contribution < -0.4 is 5.32 Å². The lowest BCUT2D eigenvalue weighted by atomic mass is 10.1. The number of hydrogen-bond acceptors (Lipinski definition) is 7. The van der Waals surface area contributed by atoms with Gasteiger partial charge in [0.15, 0.2) is 0 Å². The number of carbonyl (C=O) groups excluding carboxylic acids is 1. The molecule has 0 saturated heterocycles. The molecular weight excluding hydrogens is 278 g/mol. The first-order valence-electron chi connectivity index (χ1n) is 5.73. The van der Waals surface area contributed by atoms with Gasteiger partial charge in [-0.25, -0.2) is 0 Å². The lowest BCUT2D eigenvalue weighted by Gasteiger charge is -2.05. The van der Waals surface area contributed by atoms with E-state index >= 15 is 0 Å². The van der Waals surface area contributed by atoms with E-state index in [1.54, 1.807) is 12.1 Å². The maximum absolute atomic E-state index is 12.2. The van der Waals surface area contributed by atoms with Gasteiger partial charge in [0, 0.05) is 23.7 Å². The Labute approximate surface area is 116 Å². The number of carbonyl (C=O) groups is 1. The van der Waals surface area contributed by atoms with E-state index in [-0.39, 0.29) is 17.2 Å². The van der Waals surface area contributed by atoms with Crippen molar-refractivity contribution in [1.82, 2.24) is 25.6 Å². The molecule has 3 aromatic rings. The summed E-state index contributed by atoms with van der Waals surface area (Å²) in [7, 11) is 0. The second-order valence-electron chi connectivity index (χ2n) is 4.02. The van der Waals surface area contributed by atoms with Crippen LogP contribution in [0.15, 0.2) is 30.5 Å². The Bertz CT molecular complexity index is 831. The van der Waals surface area contributed by atoms with Crippen LogP contribution in [-0.4, -0.2) is 36.4 Å². The number of H-pyrrole nitrogens is 1. The molecule has 1 amide bonds. The van der Waals surface area contributed by atoms with Crippen molar-refractivity contribution < 1.29 is 9.72 Å². The van der Waals surface area contributed by atoms with Gasteiger partial charge < -0.3 is 0 Å². The number of nitro groups is 1. The quantitative estimate of drug-likeness (QED) is 0.538. The number of benzene rings is 1. The normalized spacial score (nSPS) is 10.5. The Morgan fingerprint density at radius 2 is 2.24 bits per heavy atom. The molecule has 2 heterocycles. The van der Waals surface area contributed by atoms with E-state index in [0.717, 1.165) is 6.07 Å². The summed E-state index contributed by atoms with van der Waals surface area (Å²) in [6.45, 7) is 0. The van der Waals surface area contributed by atoms with E-state index < -0.39 is 10.8 Å². The molecule has 3 rings (SSSR count). The fourth-order valence-corrected chi connectivity index (χ4v) is 1.84. The lowest BCUT2D eigenvalue weighted by Crippen LogP contribution is -2.14. The third-order valence-electron chi connectivity index (χ3n) is 2.72. The third-order valence-corrected chi connectivity index (χ3v) is 2.72. The number of nitrogens with one attached hydrogen (secondary N) is 2. The van der Waals surface area contributed by atoms with Gasteiger partial charge in [-0.2, -0.15) is 5.21 Å². The Morgan fingerprint density at radius 3 is 2.95 bits per heavy atom. The van der Waals surface area contributed by atoms with Gasteiger partial charge in [0.25, 0.3) is 17.5 Å². The summed E-state index contributed by atoms with van der Waals surface area (Å²) in [5.74, 6) is -0.639. The SMILES string of the molecule is O=C(Nc1nn[nH]n1)c1cc([N+](=O)[O-])cc2cccnc12. The van der Waals surface area contributed by atoms with Crippen molar-refractivity contribution in [2.45, 2.75) is 0 Å². The Morgan fingerprint density at radius 1 is 1.38 bits per heavy atom. The molecule has 0 bridgehead atoms. The maximum atomic E-state index is 12.2. The average molecular weight is 285 g/mol. The number of rotatable bonds is 3. The highest BCUT2D eigenvalue weighted by Crippen LogP contribution is 2.24. The van der Waals surface area contributed by atoms with Crippen LogP contribution in [0.2, 0.25) is 0 Å². The number of aromatic amines is 1. The number of anilines is 1. The fraction of sp³-hybridized carbons (Fsp3) is 0. The van der Waals surface area contributed by atoms with Crippen molar-refractivity contribution >= 4 is 28.4 Å². The van der Waals surface area contributed by atoms with Gasteiger partial charge in [-0.05, 0) is 11.3 Å². The number of non-ortho nitro benzene ring substituents is 1. The molecule has 104 valence electrons. The zero-order valence-corrected chi connectivity index (χ0v) is 10.3. The van der Waals surface area contributed by atoms with Crippen LogP contribution in [0.4, 0.5) is 11.6 Å². The van der Waals surface area contributed by atoms with Crippen LogP contribution in [0.25, 0.3) is 10.9 Å². The van der Waals surface area contributed by atoms with Gasteiger partial charge >= 0.3 is 0 Å². The molecule has 10 nitrogen and oxygen atoms in total. The molecule has 0 atom stereocenters. The summed E-state index contributed by atoms with van der Waals surface area (Å²) in [6.07, 6.45) is 1.50. The molecule has 0 fully saturated rings. The number of nitro benzene ring substituents is 1. The van der Waals surface area contributed by atoms with Crippen molar-refractivity contribution in [3.05, 3.63) is 46.1 Å². The summed E-state index contributed by atoms with van der Waals surface area (Å²) in [4.78, 5) is 26.7. The molecule has 0 unspecified atom stereocenters.